The van der Waals surface area contributed by atoms with Crippen molar-refractivity contribution in [3.05, 3.63) is 23.8 Å². The van der Waals surface area contributed by atoms with Crippen LogP contribution in [0.5, 0.6) is 11.5 Å². The van der Waals surface area contributed by atoms with Crippen molar-refractivity contribution in [3.63, 3.8) is 0 Å². The van der Waals surface area contributed by atoms with E-state index < -0.39 is 12.0 Å². The summed E-state index contributed by atoms with van der Waals surface area (Å²) in [5.41, 5.74) is 6.73. The maximum Gasteiger partial charge on any atom is 0.304 e. The lowest BCUT2D eigenvalue weighted by Crippen LogP contribution is -2.38. The number of aliphatic carboxylic acids is 1. The molecule has 0 aliphatic rings. The molecule has 0 amide bonds. The minimum absolute atomic E-state index is 0.124. The molecule has 19 heavy (non-hydrogen) atoms. The van der Waals surface area contributed by atoms with Gasteiger partial charge in [-0.15, -0.1) is 0 Å². The minimum atomic E-state index is -0.930. The number of nitrogens with one attached hydrogen (secondary N) is 1. The molecule has 0 aliphatic carbocycles. The third-order valence-corrected chi connectivity index (χ3v) is 2.93. The zero-order valence-corrected chi connectivity index (χ0v) is 11.3. The van der Waals surface area contributed by atoms with Crippen LogP contribution in [0.4, 0.5) is 0 Å². The summed E-state index contributed by atoms with van der Waals surface area (Å²) in [5.74, 6) is 0.349. The predicted molar refractivity (Wildman–Crippen MR) is 71.6 cm³/mol. The fourth-order valence-corrected chi connectivity index (χ4v) is 2.00. The molecule has 6 heteroatoms. The Kier molecular flexibility index (Phi) is 5.59. The number of rotatable bonds is 7. The van der Waals surface area contributed by atoms with Crippen LogP contribution in [0.25, 0.3) is 0 Å². The molecule has 2 atom stereocenters. The van der Waals surface area contributed by atoms with Crippen LogP contribution in [-0.2, 0) is 4.79 Å². The topological polar surface area (TPSA) is 93.8 Å². The van der Waals surface area contributed by atoms with E-state index >= 15 is 0 Å². The molecule has 0 spiro atoms. The average molecular weight is 268 g/mol. The second-order valence-corrected chi connectivity index (χ2v) is 4.14. The third-order valence-electron chi connectivity index (χ3n) is 2.93. The molecule has 4 N–H and O–H groups in total. The van der Waals surface area contributed by atoms with E-state index in [1.54, 1.807) is 33.4 Å². The highest BCUT2D eigenvalue weighted by Crippen LogP contribution is 2.31. The first-order valence-electron chi connectivity index (χ1n) is 5.90. The maximum atomic E-state index is 10.8. The molecule has 6 nitrogen and oxygen atoms in total. The highest BCUT2D eigenvalue weighted by molar-refractivity contribution is 5.67. The molecule has 0 bridgehead atoms. The quantitative estimate of drug-likeness (QED) is 0.676. The van der Waals surface area contributed by atoms with Gasteiger partial charge in [0.25, 0.3) is 0 Å². The van der Waals surface area contributed by atoms with Crippen LogP contribution in [0, 0.1) is 0 Å². The molecule has 0 saturated carbocycles. The van der Waals surface area contributed by atoms with Crippen molar-refractivity contribution in [1.29, 1.82) is 0 Å². The van der Waals surface area contributed by atoms with Gasteiger partial charge in [-0.1, -0.05) is 6.07 Å². The Morgan fingerprint density at radius 3 is 2.58 bits per heavy atom. The van der Waals surface area contributed by atoms with Gasteiger partial charge in [0.1, 0.15) is 11.5 Å². The van der Waals surface area contributed by atoms with Gasteiger partial charge in [-0.25, -0.2) is 0 Å². The lowest BCUT2D eigenvalue weighted by atomic mass is 9.96. The number of nitrogens with two attached hydrogens (primary N) is 1. The summed E-state index contributed by atoms with van der Waals surface area (Å²) >= 11 is 0. The Morgan fingerprint density at radius 2 is 2.11 bits per heavy atom. The van der Waals surface area contributed by atoms with Crippen LogP contribution < -0.4 is 20.5 Å². The lowest BCUT2D eigenvalue weighted by molar-refractivity contribution is -0.137. The summed E-state index contributed by atoms with van der Waals surface area (Å²) in [6.45, 7) is 0. The Bertz CT molecular complexity index is 437. The van der Waals surface area contributed by atoms with Crippen molar-refractivity contribution >= 4 is 5.97 Å². The number of carbonyl (C=O) groups is 1. The van der Waals surface area contributed by atoms with Gasteiger partial charge >= 0.3 is 5.97 Å². The van der Waals surface area contributed by atoms with E-state index in [0.29, 0.717) is 11.5 Å². The van der Waals surface area contributed by atoms with Crippen molar-refractivity contribution < 1.29 is 19.4 Å². The maximum absolute atomic E-state index is 10.8. The second kappa shape index (κ2) is 6.96. The van der Waals surface area contributed by atoms with E-state index in [1.165, 1.54) is 0 Å². The molecule has 1 aromatic rings. The summed E-state index contributed by atoms with van der Waals surface area (Å²) < 4.78 is 10.4. The second-order valence-electron chi connectivity index (χ2n) is 4.14. The smallest absolute Gasteiger partial charge is 0.304 e. The first-order chi connectivity index (χ1) is 9.03. The van der Waals surface area contributed by atoms with Crippen LogP contribution >= 0.6 is 0 Å². The summed E-state index contributed by atoms with van der Waals surface area (Å²) in [6, 6.07) is 4.49. The standard InChI is InChI=1S/C13H20N2O4/c1-15-13(10(14)7-12(16)17)9-5-4-8(18-2)6-11(9)19-3/h4-6,10,13,15H,7,14H2,1-3H3,(H,16,17). The van der Waals surface area contributed by atoms with Crippen molar-refractivity contribution in [2.75, 3.05) is 21.3 Å². The predicted octanol–water partition coefficient (Wildman–Crippen LogP) is 0.766. The van der Waals surface area contributed by atoms with Gasteiger partial charge in [-0.3, -0.25) is 4.79 Å². The third kappa shape index (κ3) is 3.84. The molecule has 1 rings (SSSR count). The van der Waals surface area contributed by atoms with Crippen LogP contribution in [0.3, 0.4) is 0 Å². The summed E-state index contributed by atoms with van der Waals surface area (Å²) in [7, 11) is 4.85. The molecule has 0 heterocycles. The Hall–Kier alpha value is -1.79. The van der Waals surface area contributed by atoms with Gasteiger partial charge in [0, 0.05) is 17.7 Å². The van der Waals surface area contributed by atoms with Crippen molar-refractivity contribution in [3.8, 4) is 11.5 Å². The van der Waals surface area contributed by atoms with E-state index in [0.717, 1.165) is 5.56 Å². The fourth-order valence-electron chi connectivity index (χ4n) is 2.00. The summed E-state index contributed by atoms with van der Waals surface area (Å²) in [5, 5.41) is 11.9. The Balaban J connectivity index is 3.06. The molecule has 1 aromatic carbocycles. The van der Waals surface area contributed by atoms with Crippen LogP contribution in [0.1, 0.15) is 18.0 Å². The minimum Gasteiger partial charge on any atom is -0.497 e. The zero-order chi connectivity index (χ0) is 14.4. The van der Waals surface area contributed by atoms with Crippen LogP contribution in [0.15, 0.2) is 18.2 Å². The van der Waals surface area contributed by atoms with E-state index in [1.807, 2.05) is 6.07 Å². The number of methoxy groups -OCH3 is 2. The molecule has 0 aromatic heterocycles. The number of likely N-dealkylation sites (N-methyl/N-ethyl adjacent to an activating group) is 1. The first-order valence-corrected chi connectivity index (χ1v) is 5.90. The molecule has 0 saturated heterocycles. The number of ether oxygens (including phenoxy) is 2. The molecule has 2 unspecified atom stereocenters. The fraction of sp³-hybridized carbons (Fsp3) is 0.462. The number of carboxylic acids is 1. The van der Waals surface area contributed by atoms with Gasteiger partial charge in [0.05, 0.1) is 26.7 Å². The van der Waals surface area contributed by atoms with Crippen molar-refractivity contribution in [2.45, 2.75) is 18.5 Å². The molecule has 0 radical (unpaired) electrons. The van der Waals surface area contributed by atoms with Gasteiger partial charge in [0.15, 0.2) is 0 Å². The summed E-state index contributed by atoms with van der Waals surface area (Å²) in [4.78, 5) is 10.8. The van der Waals surface area contributed by atoms with Crippen molar-refractivity contribution in [2.24, 2.45) is 5.73 Å². The monoisotopic (exact) mass is 268 g/mol. The average Bonchev–Trinajstić information content (AvgIpc) is 2.39. The number of carboxylic acid groups (broad SMARTS) is 1. The first kappa shape index (κ1) is 15.3. The van der Waals surface area contributed by atoms with Crippen LogP contribution in [0.2, 0.25) is 0 Å². The Morgan fingerprint density at radius 1 is 1.42 bits per heavy atom. The normalized spacial score (nSPS) is 13.7. The highest BCUT2D eigenvalue weighted by atomic mass is 16.5. The van der Waals surface area contributed by atoms with Gasteiger partial charge in [-0.2, -0.15) is 0 Å². The van der Waals surface area contributed by atoms with Gasteiger partial charge < -0.3 is 25.6 Å². The van der Waals surface area contributed by atoms with E-state index in [-0.39, 0.29) is 12.5 Å². The van der Waals surface area contributed by atoms with E-state index in [9.17, 15) is 4.79 Å². The number of hydrogen-bond donors (Lipinski definition) is 3. The number of hydrogen-bond acceptors (Lipinski definition) is 5. The van der Waals surface area contributed by atoms with Gasteiger partial charge in [0.2, 0.25) is 0 Å². The largest absolute Gasteiger partial charge is 0.497 e. The molecule has 106 valence electrons. The zero-order valence-electron chi connectivity index (χ0n) is 11.3. The molecule has 0 aliphatic heterocycles. The Labute approximate surface area is 112 Å². The van der Waals surface area contributed by atoms with Crippen molar-refractivity contribution in [1.82, 2.24) is 5.32 Å². The van der Waals surface area contributed by atoms with E-state index in [2.05, 4.69) is 5.32 Å². The SMILES string of the molecule is CNC(c1ccc(OC)cc1OC)C(N)CC(=O)O. The molecule has 0 fully saturated rings. The molecular formula is C13H20N2O4. The summed E-state index contributed by atoms with van der Waals surface area (Å²) in [6.07, 6.45) is -0.124. The van der Waals surface area contributed by atoms with Gasteiger partial charge in [-0.05, 0) is 13.1 Å². The number of benzene rings is 1. The highest BCUT2D eigenvalue weighted by Gasteiger charge is 2.23. The van der Waals surface area contributed by atoms with E-state index in [4.69, 9.17) is 20.3 Å². The molecular weight excluding hydrogens is 248 g/mol. The van der Waals surface area contributed by atoms with Crippen LogP contribution in [-0.4, -0.2) is 38.4 Å². The lowest BCUT2D eigenvalue weighted by Gasteiger charge is -2.24.